The Labute approximate surface area is 83.6 Å². The first-order valence-corrected chi connectivity index (χ1v) is 4.06. The molecule has 0 N–H and O–H groups in total. The second-order valence-corrected chi connectivity index (χ2v) is 2.07. The average Bonchev–Trinajstić information content (AvgIpc) is 2.21. The molecule has 0 heterocycles. The highest BCUT2D eigenvalue weighted by Gasteiger charge is 2.19. The SMILES string of the molecule is CCN(OC)C(=NOC)N(OC)OC. The van der Waals surface area contributed by atoms with E-state index < -0.39 is 0 Å². The van der Waals surface area contributed by atoms with Gasteiger partial charge in [0, 0.05) is 6.54 Å². The summed E-state index contributed by atoms with van der Waals surface area (Å²) in [6.45, 7) is 2.46. The summed E-state index contributed by atoms with van der Waals surface area (Å²) < 4.78 is 0. The van der Waals surface area contributed by atoms with Crippen molar-refractivity contribution >= 4 is 5.96 Å². The monoisotopic (exact) mass is 207 g/mol. The van der Waals surface area contributed by atoms with Gasteiger partial charge in [0.25, 0.3) is 0 Å². The third-order valence-corrected chi connectivity index (χ3v) is 1.40. The largest absolute Gasteiger partial charge is 0.396 e. The molecule has 0 fully saturated rings. The third-order valence-electron chi connectivity index (χ3n) is 1.40. The molecule has 0 aliphatic carbocycles. The smallest absolute Gasteiger partial charge is 0.313 e. The minimum absolute atomic E-state index is 0.266. The molecule has 0 rings (SSSR count). The number of oxime groups is 1. The van der Waals surface area contributed by atoms with E-state index in [9.17, 15) is 0 Å². The van der Waals surface area contributed by atoms with Gasteiger partial charge >= 0.3 is 5.96 Å². The van der Waals surface area contributed by atoms with Crippen LogP contribution in [0, 0.1) is 0 Å². The fourth-order valence-electron chi connectivity index (χ4n) is 0.842. The van der Waals surface area contributed by atoms with Gasteiger partial charge in [0.1, 0.15) is 7.11 Å². The molecule has 14 heavy (non-hydrogen) atoms. The van der Waals surface area contributed by atoms with Crippen LogP contribution in [-0.4, -0.2) is 51.2 Å². The Balaban J connectivity index is 4.63. The maximum absolute atomic E-state index is 5.02. The first kappa shape index (κ1) is 12.9. The van der Waals surface area contributed by atoms with Gasteiger partial charge in [-0.3, -0.25) is 4.84 Å². The molecule has 7 heteroatoms. The van der Waals surface area contributed by atoms with Crippen LogP contribution in [0.2, 0.25) is 0 Å². The van der Waals surface area contributed by atoms with Gasteiger partial charge in [0.15, 0.2) is 0 Å². The van der Waals surface area contributed by atoms with Gasteiger partial charge in [-0.1, -0.05) is 5.23 Å². The second kappa shape index (κ2) is 7.36. The van der Waals surface area contributed by atoms with E-state index in [1.54, 1.807) is 0 Å². The Kier molecular flexibility index (Phi) is 6.81. The first-order valence-electron chi connectivity index (χ1n) is 4.06. The molecular weight excluding hydrogens is 190 g/mol. The normalized spacial score (nSPS) is 11.4. The molecule has 0 spiro atoms. The van der Waals surface area contributed by atoms with Crippen LogP contribution in [0.4, 0.5) is 0 Å². The standard InChI is InChI=1S/C7H17N3O4/c1-6-9(12-3)7(8-11-2)10(13-4)14-5/h6H2,1-5H3. The van der Waals surface area contributed by atoms with Gasteiger partial charge in [0.05, 0.1) is 21.3 Å². The Morgan fingerprint density at radius 2 is 1.64 bits per heavy atom. The Hall–Kier alpha value is -1.05. The minimum Gasteiger partial charge on any atom is -0.396 e. The van der Waals surface area contributed by atoms with Crippen molar-refractivity contribution in [3.63, 3.8) is 0 Å². The minimum atomic E-state index is 0.266. The molecule has 0 aliphatic rings. The molecule has 0 atom stereocenters. The predicted molar refractivity (Wildman–Crippen MR) is 49.7 cm³/mol. The van der Waals surface area contributed by atoms with Crippen molar-refractivity contribution in [2.75, 3.05) is 35.0 Å². The molecule has 0 unspecified atom stereocenters. The fraction of sp³-hybridized carbons (Fsp3) is 0.857. The van der Waals surface area contributed by atoms with Gasteiger partial charge in [0.2, 0.25) is 0 Å². The molecule has 84 valence electrons. The van der Waals surface area contributed by atoms with Gasteiger partial charge in [-0.2, -0.15) is 0 Å². The number of guanidine groups is 1. The van der Waals surface area contributed by atoms with E-state index in [4.69, 9.17) is 14.5 Å². The highest BCUT2D eigenvalue weighted by atomic mass is 17.0. The summed E-state index contributed by atoms with van der Waals surface area (Å²) in [6, 6.07) is 0. The predicted octanol–water partition coefficient (Wildman–Crippen LogP) is 0.212. The lowest BCUT2D eigenvalue weighted by molar-refractivity contribution is -0.304. The summed E-state index contributed by atoms with van der Waals surface area (Å²) in [4.78, 5) is 19.4. The van der Waals surface area contributed by atoms with Crippen LogP contribution in [-0.2, 0) is 19.4 Å². The summed E-state index contributed by atoms with van der Waals surface area (Å²) in [7, 11) is 5.82. The first-order chi connectivity index (χ1) is 6.74. The van der Waals surface area contributed by atoms with Crippen molar-refractivity contribution in [2.24, 2.45) is 5.16 Å². The number of hydroxylamine groups is 4. The van der Waals surface area contributed by atoms with E-state index in [2.05, 4.69) is 9.99 Å². The number of nitrogens with zero attached hydrogens (tertiary/aromatic N) is 3. The summed E-state index contributed by atoms with van der Waals surface area (Å²) in [5.41, 5.74) is 0. The van der Waals surface area contributed by atoms with Crippen molar-refractivity contribution in [2.45, 2.75) is 6.92 Å². The lowest BCUT2D eigenvalue weighted by Crippen LogP contribution is -2.42. The summed E-state index contributed by atoms with van der Waals surface area (Å²) in [5, 5.41) is 6.21. The summed E-state index contributed by atoms with van der Waals surface area (Å²) in [5.74, 6) is 0.266. The highest BCUT2D eigenvalue weighted by molar-refractivity contribution is 5.76. The molecule has 0 aromatic heterocycles. The Morgan fingerprint density at radius 3 is 1.93 bits per heavy atom. The van der Waals surface area contributed by atoms with Gasteiger partial charge in [-0.25, -0.2) is 14.7 Å². The number of hydrogen-bond donors (Lipinski definition) is 0. The molecule has 0 bridgehead atoms. The van der Waals surface area contributed by atoms with Crippen LogP contribution in [0.3, 0.4) is 0 Å². The van der Waals surface area contributed by atoms with Crippen molar-refractivity contribution in [1.29, 1.82) is 0 Å². The van der Waals surface area contributed by atoms with Gasteiger partial charge in [-0.05, 0) is 12.1 Å². The van der Waals surface area contributed by atoms with Crippen LogP contribution in [0.5, 0.6) is 0 Å². The maximum Gasteiger partial charge on any atom is 0.313 e. The second-order valence-electron chi connectivity index (χ2n) is 2.07. The van der Waals surface area contributed by atoms with Crippen LogP contribution < -0.4 is 0 Å². The quantitative estimate of drug-likeness (QED) is 0.365. The average molecular weight is 207 g/mol. The maximum atomic E-state index is 5.02. The van der Waals surface area contributed by atoms with Crippen LogP contribution in [0.15, 0.2) is 5.16 Å². The molecule has 0 aromatic carbocycles. The molecule has 0 saturated carbocycles. The van der Waals surface area contributed by atoms with Crippen LogP contribution >= 0.6 is 0 Å². The molecule has 0 saturated heterocycles. The lowest BCUT2D eigenvalue weighted by Gasteiger charge is -2.26. The molecule has 0 amide bonds. The topological polar surface area (TPSA) is 55.8 Å². The van der Waals surface area contributed by atoms with E-state index in [1.807, 2.05) is 6.92 Å². The van der Waals surface area contributed by atoms with Crippen molar-refractivity contribution in [3.8, 4) is 0 Å². The van der Waals surface area contributed by atoms with E-state index in [1.165, 1.54) is 33.5 Å². The Bertz CT molecular complexity index is 154. The lowest BCUT2D eigenvalue weighted by atomic mass is 10.7. The summed E-state index contributed by atoms with van der Waals surface area (Å²) >= 11 is 0. The molecule has 0 aliphatic heterocycles. The fourth-order valence-corrected chi connectivity index (χ4v) is 0.842. The van der Waals surface area contributed by atoms with Gasteiger partial charge in [-0.15, -0.1) is 0 Å². The zero-order chi connectivity index (χ0) is 11.0. The van der Waals surface area contributed by atoms with Crippen LogP contribution in [0.1, 0.15) is 6.92 Å². The molecular formula is C7H17N3O4. The molecule has 7 nitrogen and oxygen atoms in total. The zero-order valence-corrected chi connectivity index (χ0v) is 9.18. The summed E-state index contributed by atoms with van der Waals surface area (Å²) in [6.07, 6.45) is 0. The third kappa shape index (κ3) is 3.36. The molecule has 0 aromatic rings. The van der Waals surface area contributed by atoms with Crippen molar-refractivity contribution in [1.82, 2.24) is 10.3 Å². The Morgan fingerprint density at radius 1 is 1.07 bits per heavy atom. The van der Waals surface area contributed by atoms with E-state index in [0.717, 1.165) is 5.23 Å². The number of rotatable bonds is 5. The van der Waals surface area contributed by atoms with Gasteiger partial charge < -0.3 is 4.84 Å². The zero-order valence-electron chi connectivity index (χ0n) is 9.18. The molecule has 0 radical (unpaired) electrons. The highest BCUT2D eigenvalue weighted by Crippen LogP contribution is 2.00. The number of hydrogen-bond acceptors (Lipinski definition) is 5. The van der Waals surface area contributed by atoms with Crippen molar-refractivity contribution in [3.05, 3.63) is 0 Å². The van der Waals surface area contributed by atoms with E-state index in [-0.39, 0.29) is 5.96 Å². The van der Waals surface area contributed by atoms with E-state index >= 15 is 0 Å². The van der Waals surface area contributed by atoms with Crippen molar-refractivity contribution < 1.29 is 19.4 Å². The van der Waals surface area contributed by atoms with E-state index in [0.29, 0.717) is 6.54 Å². The van der Waals surface area contributed by atoms with Crippen LogP contribution in [0.25, 0.3) is 0 Å².